The molecule has 9 heteroatoms. The van der Waals surface area contributed by atoms with E-state index in [1.807, 2.05) is 0 Å². The van der Waals surface area contributed by atoms with E-state index in [-0.39, 0.29) is 24.3 Å². The van der Waals surface area contributed by atoms with Crippen LogP contribution in [-0.2, 0) is 14.3 Å². The van der Waals surface area contributed by atoms with Crippen molar-refractivity contribution in [1.29, 1.82) is 0 Å². The first kappa shape index (κ1) is 19.0. The topological polar surface area (TPSA) is 72.5 Å². The van der Waals surface area contributed by atoms with Crippen LogP contribution in [0.3, 0.4) is 0 Å². The highest BCUT2D eigenvalue weighted by Gasteiger charge is 2.14. The molecule has 0 saturated heterocycles. The number of nitrogens with one attached hydrogen (secondary N) is 1. The summed E-state index contributed by atoms with van der Waals surface area (Å²) in [5, 5.41) is 2.15. The number of hydrogen-bond donors (Lipinski definition) is 1. The molecule has 0 bridgehead atoms. The molecule has 0 spiro atoms. The first-order valence-electron chi connectivity index (χ1n) is 7.04. The lowest BCUT2D eigenvalue weighted by atomic mass is 10.2. The zero-order valence-electron chi connectivity index (χ0n) is 12.7. The van der Waals surface area contributed by atoms with E-state index in [4.69, 9.17) is 16.3 Å². The Kier molecular flexibility index (Phi) is 6.60. The van der Waals surface area contributed by atoms with Crippen molar-refractivity contribution < 1.29 is 27.9 Å². The fourth-order valence-electron chi connectivity index (χ4n) is 1.80. The van der Waals surface area contributed by atoms with Gasteiger partial charge >= 0.3 is 5.97 Å². The molecule has 2 aromatic rings. The zero-order chi connectivity index (χ0) is 18.4. The summed E-state index contributed by atoms with van der Waals surface area (Å²) in [7, 11) is 0. The maximum absolute atomic E-state index is 13.4. The van der Waals surface area contributed by atoms with Gasteiger partial charge in [-0.2, -0.15) is 0 Å². The number of rotatable bonds is 7. The smallest absolute Gasteiger partial charge is 0.306 e. The van der Waals surface area contributed by atoms with Gasteiger partial charge in [0.2, 0.25) is 0 Å². The van der Waals surface area contributed by atoms with Crippen molar-refractivity contribution in [2.75, 3.05) is 11.9 Å². The van der Waals surface area contributed by atoms with E-state index in [2.05, 4.69) is 5.32 Å². The van der Waals surface area contributed by atoms with Crippen LogP contribution in [-0.4, -0.2) is 24.3 Å². The lowest BCUT2D eigenvalue weighted by molar-refractivity contribution is -0.147. The zero-order valence-corrected chi connectivity index (χ0v) is 14.3. The van der Waals surface area contributed by atoms with Gasteiger partial charge in [0.1, 0.15) is 11.6 Å². The number of carbonyl (C=O) groups excluding carboxylic acids is 3. The molecule has 5 nitrogen and oxygen atoms in total. The van der Waals surface area contributed by atoms with Gasteiger partial charge in [0.15, 0.2) is 12.4 Å². The van der Waals surface area contributed by atoms with Gasteiger partial charge in [0, 0.05) is 12.5 Å². The second-order valence-electron chi connectivity index (χ2n) is 4.86. The summed E-state index contributed by atoms with van der Waals surface area (Å²) >= 11 is 6.83. The minimum Gasteiger partial charge on any atom is -0.456 e. The van der Waals surface area contributed by atoms with Crippen molar-refractivity contribution in [3.8, 4) is 0 Å². The van der Waals surface area contributed by atoms with Crippen molar-refractivity contribution in [3.05, 3.63) is 51.2 Å². The Bertz CT molecular complexity index is 809. The second kappa shape index (κ2) is 8.68. The third-order valence-electron chi connectivity index (χ3n) is 2.97. The molecule has 0 saturated carbocycles. The number of ketones is 1. The molecule has 0 atom stereocenters. The van der Waals surface area contributed by atoms with E-state index in [0.29, 0.717) is 15.3 Å². The molecule has 0 unspecified atom stereocenters. The molecule has 0 aliphatic carbocycles. The average Bonchev–Trinajstić information content (AvgIpc) is 3.00. The van der Waals surface area contributed by atoms with E-state index >= 15 is 0 Å². The van der Waals surface area contributed by atoms with Gasteiger partial charge < -0.3 is 10.1 Å². The molecule has 0 fully saturated rings. The summed E-state index contributed by atoms with van der Waals surface area (Å²) in [5.74, 6) is -3.51. The van der Waals surface area contributed by atoms with Crippen molar-refractivity contribution in [2.24, 2.45) is 0 Å². The largest absolute Gasteiger partial charge is 0.456 e. The number of ether oxygens (including phenoxy) is 1. The Labute approximate surface area is 150 Å². The number of Topliss-reactive ketones (excluding diaryl/α,β-unsaturated/α-hetero) is 1. The monoisotopic (exact) mass is 387 g/mol. The molecule has 0 aliphatic rings. The highest BCUT2D eigenvalue weighted by Crippen LogP contribution is 2.23. The second-order valence-corrected chi connectivity index (χ2v) is 6.58. The molecule has 0 radical (unpaired) electrons. The number of thiophene rings is 1. The predicted octanol–water partition coefficient (Wildman–Crippen LogP) is 3.82. The number of esters is 1. The van der Waals surface area contributed by atoms with Crippen LogP contribution in [0, 0.1) is 11.6 Å². The lowest BCUT2D eigenvalue weighted by Crippen LogP contribution is -2.21. The van der Waals surface area contributed by atoms with Gasteiger partial charge in [-0.1, -0.05) is 11.6 Å². The van der Waals surface area contributed by atoms with Crippen LogP contribution in [0.4, 0.5) is 14.5 Å². The summed E-state index contributed by atoms with van der Waals surface area (Å²) in [6.45, 7) is -0.644. The quantitative estimate of drug-likeness (QED) is 0.579. The molecular weight excluding hydrogens is 376 g/mol. The van der Waals surface area contributed by atoms with E-state index in [1.54, 1.807) is 12.1 Å². The molecule has 1 aromatic carbocycles. The minimum absolute atomic E-state index is 0.0795. The first-order chi connectivity index (χ1) is 11.8. The molecule has 1 heterocycles. The lowest BCUT2D eigenvalue weighted by Gasteiger charge is -2.07. The van der Waals surface area contributed by atoms with Crippen LogP contribution in [0.25, 0.3) is 0 Å². The Morgan fingerprint density at radius 3 is 2.52 bits per heavy atom. The van der Waals surface area contributed by atoms with Crippen LogP contribution in [0.15, 0.2) is 30.3 Å². The van der Waals surface area contributed by atoms with Crippen molar-refractivity contribution in [2.45, 2.75) is 12.8 Å². The van der Waals surface area contributed by atoms with Gasteiger partial charge in [-0.05, 0) is 24.3 Å². The SMILES string of the molecule is O=C(COC(=O)CCC(=O)c1ccc(Cl)s1)Nc1ccc(F)cc1F. The van der Waals surface area contributed by atoms with Crippen molar-refractivity contribution >= 4 is 46.3 Å². The normalized spacial score (nSPS) is 10.4. The summed E-state index contributed by atoms with van der Waals surface area (Å²) in [4.78, 5) is 35.4. The Balaban J connectivity index is 1.74. The van der Waals surface area contributed by atoms with Crippen LogP contribution >= 0.6 is 22.9 Å². The van der Waals surface area contributed by atoms with Crippen molar-refractivity contribution in [3.63, 3.8) is 0 Å². The Hall–Kier alpha value is -2.32. The predicted molar refractivity (Wildman–Crippen MR) is 88.8 cm³/mol. The van der Waals surface area contributed by atoms with Crippen molar-refractivity contribution in [1.82, 2.24) is 0 Å². The van der Waals surface area contributed by atoms with E-state index < -0.39 is 30.1 Å². The van der Waals surface area contributed by atoms with E-state index in [0.717, 1.165) is 23.5 Å². The Morgan fingerprint density at radius 2 is 1.88 bits per heavy atom. The molecular formula is C16H12ClF2NO4S. The molecule has 0 aliphatic heterocycles. The molecule has 25 heavy (non-hydrogen) atoms. The fraction of sp³-hybridized carbons (Fsp3) is 0.188. The van der Waals surface area contributed by atoms with Gasteiger partial charge in [-0.15, -0.1) is 11.3 Å². The third kappa shape index (κ3) is 5.91. The number of benzene rings is 1. The third-order valence-corrected chi connectivity index (χ3v) is 4.25. The summed E-state index contributed by atoms with van der Waals surface area (Å²) in [5.41, 5.74) is -0.229. The maximum atomic E-state index is 13.4. The first-order valence-corrected chi connectivity index (χ1v) is 8.23. The van der Waals surface area contributed by atoms with Crippen LogP contribution in [0.5, 0.6) is 0 Å². The van der Waals surface area contributed by atoms with Gasteiger partial charge in [-0.3, -0.25) is 14.4 Å². The van der Waals surface area contributed by atoms with Crippen LogP contribution in [0.2, 0.25) is 4.34 Å². The van der Waals surface area contributed by atoms with Crippen LogP contribution in [0.1, 0.15) is 22.5 Å². The molecule has 1 aromatic heterocycles. The molecule has 2 rings (SSSR count). The summed E-state index contributed by atoms with van der Waals surface area (Å²) in [6.07, 6.45) is -0.281. The number of carbonyl (C=O) groups is 3. The summed E-state index contributed by atoms with van der Waals surface area (Å²) < 4.78 is 31.3. The molecule has 132 valence electrons. The average molecular weight is 388 g/mol. The highest BCUT2D eigenvalue weighted by molar-refractivity contribution is 7.18. The van der Waals surface area contributed by atoms with Gasteiger partial charge in [-0.25, -0.2) is 8.78 Å². The van der Waals surface area contributed by atoms with Gasteiger partial charge in [0.05, 0.1) is 21.3 Å². The maximum Gasteiger partial charge on any atom is 0.306 e. The Morgan fingerprint density at radius 1 is 1.12 bits per heavy atom. The highest BCUT2D eigenvalue weighted by atomic mass is 35.5. The number of amides is 1. The van der Waals surface area contributed by atoms with E-state index in [9.17, 15) is 23.2 Å². The van der Waals surface area contributed by atoms with Crippen LogP contribution < -0.4 is 5.32 Å². The minimum atomic E-state index is -0.945. The fourth-order valence-corrected chi connectivity index (χ4v) is 2.81. The number of hydrogen-bond acceptors (Lipinski definition) is 5. The van der Waals surface area contributed by atoms with Gasteiger partial charge in [0.25, 0.3) is 5.91 Å². The molecule has 1 N–H and O–H groups in total. The van der Waals surface area contributed by atoms with E-state index in [1.165, 1.54) is 0 Å². The molecule has 1 amide bonds. The standard InChI is InChI=1S/C16H12ClF2NO4S/c17-14-5-4-13(25-14)12(21)3-6-16(23)24-8-15(22)20-11-2-1-9(18)7-10(11)19/h1-2,4-5,7H,3,6,8H2,(H,20,22). The summed E-state index contributed by atoms with van der Waals surface area (Å²) in [6, 6.07) is 5.79. The number of halogens is 3. The number of anilines is 1.